The summed E-state index contributed by atoms with van der Waals surface area (Å²) in [5.74, 6) is 0.0787. The fourth-order valence-corrected chi connectivity index (χ4v) is 0.565. The van der Waals surface area contributed by atoms with E-state index in [1.807, 2.05) is 6.92 Å². The van der Waals surface area contributed by atoms with Gasteiger partial charge in [0.15, 0.2) is 5.78 Å². The van der Waals surface area contributed by atoms with Crippen LogP contribution >= 0.6 is 0 Å². The molecule has 0 unspecified atom stereocenters. The number of hydrogen-bond acceptors (Lipinski definition) is 2. The van der Waals surface area contributed by atoms with Gasteiger partial charge in [0.05, 0.1) is 5.71 Å². The van der Waals surface area contributed by atoms with Crippen LogP contribution in [0.15, 0.2) is 4.99 Å². The number of rotatable bonds is 2. The van der Waals surface area contributed by atoms with E-state index < -0.39 is 0 Å². The smallest absolute Gasteiger partial charge is 0.173 e. The van der Waals surface area contributed by atoms with Crippen LogP contribution in [0.2, 0.25) is 0 Å². The van der Waals surface area contributed by atoms with Crippen molar-refractivity contribution < 1.29 is 4.79 Å². The Kier molecular flexibility index (Phi) is 3.08. The van der Waals surface area contributed by atoms with E-state index in [-0.39, 0.29) is 5.78 Å². The Hall–Kier alpha value is -0.660. The van der Waals surface area contributed by atoms with E-state index in [9.17, 15) is 4.79 Å². The van der Waals surface area contributed by atoms with E-state index >= 15 is 0 Å². The minimum atomic E-state index is 0.0787. The maximum atomic E-state index is 10.5. The van der Waals surface area contributed by atoms with E-state index in [0.29, 0.717) is 5.71 Å². The lowest BCUT2D eigenvalue weighted by Gasteiger charge is -1.91. The van der Waals surface area contributed by atoms with Gasteiger partial charge in [-0.25, -0.2) is 0 Å². The van der Waals surface area contributed by atoms with Crippen LogP contribution in [0.5, 0.6) is 0 Å². The van der Waals surface area contributed by atoms with Crippen LogP contribution in [0.1, 0.15) is 20.3 Å². The Morgan fingerprint density at radius 3 is 2.12 bits per heavy atom. The summed E-state index contributed by atoms with van der Waals surface area (Å²) in [4.78, 5) is 14.2. The Labute approximate surface area is 49.6 Å². The highest BCUT2D eigenvalue weighted by Gasteiger charge is 1.97. The minimum Gasteiger partial charge on any atom is -0.293 e. The van der Waals surface area contributed by atoms with Crippen molar-refractivity contribution in [1.82, 2.24) is 0 Å². The molecule has 0 radical (unpaired) electrons. The molecular weight excluding hydrogens is 102 g/mol. The fourth-order valence-electron chi connectivity index (χ4n) is 0.565. The second kappa shape index (κ2) is 3.36. The lowest BCUT2D eigenvalue weighted by atomic mass is 10.2. The molecule has 0 amide bonds. The van der Waals surface area contributed by atoms with Crippen LogP contribution in [0, 0.1) is 0 Å². The predicted molar refractivity (Wildman–Crippen MR) is 34.3 cm³/mol. The maximum absolute atomic E-state index is 10.5. The molecule has 0 saturated carbocycles. The number of ketones is 1. The number of aliphatic imine (C=N–C) groups is 1. The third kappa shape index (κ3) is 1.87. The van der Waals surface area contributed by atoms with E-state index in [2.05, 4.69) is 4.99 Å². The summed E-state index contributed by atoms with van der Waals surface area (Å²) in [6.07, 6.45) is 0.742. The Morgan fingerprint density at radius 2 is 2.12 bits per heavy atom. The molecule has 0 aliphatic carbocycles. The van der Waals surface area contributed by atoms with Crippen LogP contribution in [-0.4, -0.2) is 18.5 Å². The van der Waals surface area contributed by atoms with Crippen molar-refractivity contribution in [3.8, 4) is 0 Å². The van der Waals surface area contributed by atoms with Crippen molar-refractivity contribution >= 4 is 11.5 Å². The van der Waals surface area contributed by atoms with E-state index in [1.165, 1.54) is 6.92 Å². The largest absolute Gasteiger partial charge is 0.293 e. The highest BCUT2D eigenvalue weighted by molar-refractivity contribution is 6.38. The average Bonchev–Trinajstić information content (AvgIpc) is 1.69. The first-order valence-electron chi connectivity index (χ1n) is 2.69. The van der Waals surface area contributed by atoms with Crippen molar-refractivity contribution in [1.29, 1.82) is 0 Å². The van der Waals surface area contributed by atoms with Gasteiger partial charge in [0.1, 0.15) is 0 Å². The van der Waals surface area contributed by atoms with Gasteiger partial charge in [-0.15, -0.1) is 0 Å². The van der Waals surface area contributed by atoms with Gasteiger partial charge in [-0.1, -0.05) is 6.92 Å². The number of carbonyl (C=O) groups excluding carboxylic acids is 1. The van der Waals surface area contributed by atoms with E-state index in [4.69, 9.17) is 0 Å². The topological polar surface area (TPSA) is 29.4 Å². The van der Waals surface area contributed by atoms with Gasteiger partial charge < -0.3 is 0 Å². The molecule has 46 valence electrons. The average molecular weight is 113 g/mol. The molecule has 0 N–H and O–H groups in total. The van der Waals surface area contributed by atoms with Crippen LogP contribution in [-0.2, 0) is 4.79 Å². The molecule has 0 rings (SSSR count). The van der Waals surface area contributed by atoms with Gasteiger partial charge in [0, 0.05) is 14.0 Å². The number of carbonyl (C=O) groups is 1. The number of nitrogens with zero attached hydrogens (tertiary/aromatic N) is 1. The number of Topliss-reactive ketones (excluding diaryl/α,β-unsaturated/α-hetero) is 1. The summed E-state index contributed by atoms with van der Waals surface area (Å²) in [6, 6.07) is 0. The van der Waals surface area contributed by atoms with E-state index in [0.717, 1.165) is 6.42 Å². The quantitative estimate of drug-likeness (QED) is 0.492. The molecule has 2 nitrogen and oxygen atoms in total. The monoisotopic (exact) mass is 113 g/mol. The molecule has 0 bridgehead atoms. The molecule has 0 heterocycles. The third-order valence-corrected chi connectivity index (χ3v) is 1.01. The first-order valence-corrected chi connectivity index (χ1v) is 2.69. The molecule has 0 aliphatic rings. The van der Waals surface area contributed by atoms with Crippen molar-refractivity contribution in [2.45, 2.75) is 20.3 Å². The second-order valence-electron chi connectivity index (χ2n) is 1.58. The highest BCUT2D eigenvalue weighted by Crippen LogP contribution is 1.84. The minimum absolute atomic E-state index is 0.0787. The molecule has 0 fully saturated rings. The van der Waals surface area contributed by atoms with Crippen molar-refractivity contribution in [3.63, 3.8) is 0 Å². The van der Waals surface area contributed by atoms with Crippen LogP contribution in [0.25, 0.3) is 0 Å². The molecule has 8 heavy (non-hydrogen) atoms. The molecule has 0 aliphatic heterocycles. The Balaban J connectivity index is 3.92. The zero-order chi connectivity index (χ0) is 6.57. The van der Waals surface area contributed by atoms with Gasteiger partial charge >= 0.3 is 0 Å². The van der Waals surface area contributed by atoms with E-state index in [1.54, 1.807) is 7.05 Å². The highest BCUT2D eigenvalue weighted by atomic mass is 16.1. The standard InChI is InChI=1S/C6H11NO/c1-4-6(7-3)5(2)8/h4H2,1-3H3/b7-6-. The first-order chi connectivity index (χ1) is 3.72. The van der Waals surface area contributed by atoms with Gasteiger partial charge in [-0.2, -0.15) is 0 Å². The summed E-state index contributed by atoms with van der Waals surface area (Å²) in [5, 5.41) is 0. The summed E-state index contributed by atoms with van der Waals surface area (Å²) in [6.45, 7) is 3.45. The molecule has 0 aromatic rings. The van der Waals surface area contributed by atoms with Gasteiger partial charge in [-0.05, 0) is 6.42 Å². The SMILES string of the molecule is CC/C(=N/C)C(C)=O. The first kappa shape index (κ1) is 7.34. The predicted octanol–water partition coefficient (Wildman–Crippen LogP) is 1.06. The lowest BCUT2D eigenvalue weighted by molar-refractivity contribution is -0.111. The van der Waals surface area contributed by atoms with Gasteiger partial charge in [0.2, 0.25) is 0 Å². The van der Waals surface area contributed by atoms with Crippen molar-refractivity contribution in [3.05, 3.63) is 0 Å². The van der Waals surface area contributed by atoms with Gasteiger partial charge in [0.25, 0.3) is 0 Å². The van der Waals surface area contributed by atoms with Gasteiger partial charge in [-0.3, -0.25) is 9.79 Å². The molecule has 0 spiro atoms. The Bertz CT molecular complexity index is 116. The second-order valence-corrected chi connectivity index (χ2v) is 1.58. The van der Waals surface area contributed by atoms with Crippen LogP contribution in [0.3, 0.4) is 0 Å². The van der Waals surface area contributed by atoms with Crippen molar-refractivity contribution in [2.24, 2.45) is 4.99 Å². The maximum Gasteiger partial charge on any atom is 0.173 e. The van der Waals surface area contributed by atoms with Crippen LogP contribution < -0.4 is 0 Å². The fraction of sp³-hybridized carbons (Fsp3) is 0.667. The molecule has 0 aromatic carbocycles. The summed E-state index contributed by atoms with van der Waals surface area (Å²) < 4.78 is 0. The lowest BCUT2D eigenvalue weighted by Crippen LogP contribution is -2.07. The summed E-state index contributed by atoms with van der Waals surface area (Å²) >= 11 is 0. The van der Waals surface area contributed by atoms with Crippen LogP contribution in [0.4, 0.5) is 0 Å². The third-order valence-electron chi connectivity index (χ3n) is 1.01. The molecule has 0 saturated heterocycles. The zero-order valence-electron chi connectivity index (χ0n) is 5.56. The summed E-state index contributed by atoms with van der Waals surface area (Å²) in [5.41, 5.74) is 0.671. The number of hydrogen-bond donors (Lipinski definition) is 0. The zero-order valence-corrected chi connectivity index (χ0v) is 5.56. The normalized spacial score (nSPS) is 11.6. The Morgan fingerprint density at radius 1 is 1.62 bits per heavy atom. The molecule has 0 atom stereocenters. The molecule has 2 heteroatoms. The van der Waals surface area contributed by atoms with Crippen molar-refractivity contribution in [2.75, 3.05) is 7.05 Å². The summed E-state index contributed by atoms with van der Waals surface area (Å²) in [7, 11) is 1.64. The molecule has 0 aromatic heterocycles. The molecular formula is C6H11NO.